The fourth-order valence-corrected chi connectivity index (χ4v) is 2.47. The minimum Gasteiger partial charge on any atom is -0.347 e. The number of hydrogen-bond donors (Lipinski definition) is 2. The molecule has 2 aromatic rings. The van der Waals surface area contributed by atoms with Crippen molar-refractivity contribution < 1.29 is 27.2 Å². The van der Waals surface area contributed by atoms with Crippen LogP contribution < -0.4 is 10.6 Å². The summed E-state index contributed by atoms with van der Waals surface area (Å²) in [5.74, 6) is -2.34. The van der Waals surface area contributed by atoms with Crippen molar-refractivity contribution >= 4 is 17.8 Å². The number of benzene rings is 1. The minimum atomic E-state index is -4.83. The van der Waals surface area contributed by atoms with E-state index >= 15 is 0 Å². The third-order valence-corrected chi connectivity index (χ3v) is 4.06. The lowest BCUT2D eigenvalue weighted by molar-refractivity contribution is -0.140. The van der Waals surface area contributed by atoms with Crippen LogP contribution in [0.2, 0.25) is 0 Å². The molecule has 0 aliphatic heterocycles. The number of aromatic nitrogens is 2. The van der Waals surface area contributed by atoms with E-state index in [1.807, 2.05) is 0 Å². The third-order valence-electron chi connectivity index (χ3n) is 4.06. The van der Waals surface area contributed by atoms with Gasteiger partial charge in [0, 0.05) is 18.2 Å². The van der Waals surface area contributed by atoms with Crippen LogP contribution in [0.3, 0.4) is 0 Å². The molecule has 0 atom stereocenters. The average Bonchev–Trinajstić information content (AvgIpc) is 3.44. The molecule has 0 bridgehead atoms. The van der Waals surface area contributed by atoms with Gasteiger partial charge < -0.3 is 5.32 Å². The first kappa shape index (κ1) is 19.7. The maximum atomic E-state index is 13.3. The quantitative estimate of drug-likeness (QED) is 0.761. The summed E-state index contributed by atoms with van der Waals surface area (Å²) >= 11 is 0. The van der Waals surface area contributed by atoms with Crippen LogP contribution in [0, 0.1) is 18.7 Å². The van der Waals surface area contributed by atoms with Crippen LogP contribution in [-0.2, 0) is 17.5 Å². The van der Waals surface area contributed by atoms with Gasteiger partial charge in [0.05, 0.1) is 5.56 Å². The fraction of sp³-hybridized carbons (Fsp3) is 0.333. The zero-order valence-electron chi connectivity index (χ0n) is 14.7. The fourth-order valence-electron chi connectivity index (χ4n) is 2.47. The summed E-state index contributed by atoms with van der Waals surface area (Å²) in [4.78, 5) is 32.1. The molecule has 28 heavy (non-hydrogen) atoms. The number of aryl methyl sites for hydroxylation is 1. The number of hydrogen-bond acceptors (Lipinski definition) is 4. The number of rotatable bonds is 5. The van der Waals surface area contributed by atoms with E-state index in [0.717, 1.165) is 18.9 Å². The van der Waals surface area contributed by atoms with E-state index in [0.29, 0.717) is 17.8 Å². The summed E-state index contributed by atoms with van der Waals surface area (Å²) in [6.45, 7) is 1.36. The highest BCUT2D eigenvalue weighted by Gasteiger charge is 2.34. The molecular weight excluding hydrogens is 380 g/mol. The molecule has 3 rings (SSSR count). The maximum Gasteiger partial charge on any atom is 0.419 e. The van der Waals surface area contributed by atoms with Crippen molar-refractivity contribution in [3.05, 3.63) is 52.6 Å². The molecule has 0 radical (unpaired) electrons. The zero-order valence-corrected chi connectivity index (χ0v) is 14.7. The molecule has 6 nitrogen and oxygen atoms in total. The number of carbonyl (C=O) groups is 2. The van der Waals surface area contributed by atoms with Crippen molar-refractivity contribution in [1.29, 1.82) is 0 Å². The van der Waals surface area contributed by atoms with Gasteiger partial charge in [0.1, 0.15) is 11.5 Å². The van der Waals surface area contributed by atoms with Gasteiger partial charge in [-0.05, 0) is 43.5 Å². The van der Waals surface area contributed by atoms with E-state index in [1.54, 1.807) is 6.92 Å². The van der Waals surface area contributed by atoms with Crippen LogP contribution >= 0.6 is 0 Å². The normalized spacial score (nSPS) is 13.9. The number of anilines is 1. The lowest BCUT2D eigenvalue weighted by Gasteiger charge is -2.11. The summed E-state index contributed by atoms with van der Waals surface area (Å²) in [6, 6.07) is 3.87. The molecule has 0 unspecified atom stereocenters. The molecule has 1 heterocycles. The lowest BCUT2D eigenvalue weighted by Crippen LogP contribution is -2.25. The molecule has 10 heteroatoms. The van der Waals surface area contributed by atoms with E-state index in [4.69, 9.17) is 0 Å². The Kier molecular flexibility index (Phi) is 5.30. The molecule has 2 N–H and O–H groups in total. The summed E-state index contributed by atoms with van der Waals surface area (Å²) < 4.78 is 51.6. The van der Waals surface area contributed by atoms with Gasteiger partial charge in [0.15, 0.2) is 0 Å². The average molecular weight is 396 g/mol. The van der Waals surface area contributed by atoms with Gasteiger partial charge in [0.2, 0.25) is 11.9 Å². The predicted octanol–water partition coefficient (Wildman–Crippen LogP) is 3.22. The van der Waals surface area contributed by atoms with E-state index in [1.165, 1.54) is 6.07 Å². The number of nitrogens with one attached hydrogen (secondary N) is 2. The Morgan fingerprint density at radius 1 is 1.18 bits per heavy atom. The van der Waals surface area contributed by atoms with Gasteiger partial charge in [-0.1, -0.05) is 6.07 Å². The Hall–Kier alpha value is -3.04. The largest absolute Gasteiger partial charge is 0.419 e. The number of nitrogens with zero attached hydrogens (tertiary/aromatic N) is 2. The maximum absolute atomic E-state index is 13.3. The second kappa shape index (κ2) is 7.53. The van der Waals surface area contributed by atoms with Crippen LogP contribution in [0.5, 0.6) is 0 Å². The first-order valence-corrected chi connectivity index (χ1v) is 8.44. The second-order valence-electron chi connectivity index (χ2n) is 6.48. The Morgan fingerprint density at radius 3 is 2.54 bits per heavy atom. The van der Waals surface area contributed by atoms with Gasteiger partial charge in [0.25, 0.3) is 5.91 Å². The zero-order chi connectivity index (χ0) is 20.5. The smallest absolute Gasteiger partial charge is 0.347 e. The Balaban J connectivity index is 1.69. The number of alkyl halides is 3. The Morgan fingerprint density at radius 2 is 1.89 bits per heavy atom. The molecule has 1 aliphatic rings. The summed E-state index contributed by atoms with van der Waals surface area (Å²) in [7, 11) is 0. The number of halogens is 4. The highest BCUT2D eigenvalue weighted by Crippen LogP contribution is 2.32. The molecule has 2 amide bonds. The number of carbonyl (C=O) groups excluding carboxylic acids is 2. The third kappa shape index (κ3) is 4.81. The SMILES string of the molecule is Cc1cc(C(=O)NCc2ccc(F)c(C(F)(F)F)c2)nc(NC(=O)C2CC2)n1. The molecule has 0 spiro atoms. The van der Waals surface area contributed by atoms with Crippen LogP contribution in [0.1, 0.15) is 40.2 Å². The van der Waals surface area contributed by atoms with Gasteiger partial charge in [-0.2, -0.15) is 13.2 Å². The van der Waals surface area contributed by atoms with Gasteiger partial charge in [-0.25, -0.2) is 14.4 Å². The Bertz CT molecular complexity index is 926. The lowest BCUT2D eigenvalue weighted by atomic mass is 10.1. The number of amides is 2. The standard InChI is InChI=1S/C18H16F4N4O2/c1-9-6-14(25-17(24-9)26-15(27)11-3-4-11)16(28)23-8-10-2-5-13(19)12(7-10)18(20,21)22/h2,5-7,11H,3-4,8H2,1H3,(H,23,28)(H,24,25,26,27). The van der Waals surface area contributed by atoms with Crippen LogP contribution in [0.4, 0.5) is 23.5 Å². The van der Waals surface area contributed by atoms with Crippen molar-refractivity contribution in [1.82, 2.24) is 15.3 Å². The molecular formula is C18H16F4N4O2. The summed E-state index contributed by atoms with van der Waals surface area (Å²) in [6.07, 6.45) is -3.24. The summed E-state index contributed by atoms with van der Waals surface area (Å²) in [5, 5.41) is 4.96. The minimum absolute atomic E-state index is 0.0109. The van der Waals surface area contributed by atoms with Gasteiger partial charge >= 0.3 is 6.18 Å². The first-order chi connectivity index (χ1) is 13.1. The van der Waals surface area contributed by atoms with Crippen molar-refractivity contribution in [2.24, 2.45) is 5.92 Å². The predicted molar refractivity (Wildman–Crippen MR) is 90.7 cm³/mol. The molecule has 148 valence electrons. The second-order valence-corrected chi connectivity index (χ2v) is 6.48. The van der Waals surface area contributed by atoms with E-state index < -0.39 is 23.5 Å². The topological polar surface area (TPSA) is 84.0 Å². The highest BCUT2D eigenvalue weighted by atomic mass is 19.4. The molecule has 0 saturated heterocycles. The van der Waals surface area contributed by atoms with Crippen LogP contribution in [-0.4, -0.2) is 21.8 Å². The molecule has 1 aliphatic carbocycles. The van der Waals surface area contributed by atoms with E-state index in [-0.39, 0.29) is 35.6 Å². The molecule has 1 aromatic carbocycles. The van der Waals surface area contributed by atoms with E-state index in [9.17, 15) is 27.2 Å². The van der Waals surface area contributed by atoms with Crippen LogP contribution in [0.25, 0.3) is 0 Å². The highest BCUT2D eigenvalue weighted by molar-refractivity contribution is 5.95. The first-order valence-electron chi connectivity index (χ1n) is 8.44. The summed E-state index contributed by atoms with van der Waals surface area (Å²) in [5.41, 5.74) is -0.929. The monoisotopic (exact) mass is 396 g/mol. The van der Waals surface area contributed by atoms with E-state index in [2.05, 4.69) is 20.6 Å². The molecule has 1 fully saturated rings. The molecule has 1 aromatic heterocycles. The van der Waals surface area contributed by atoms with Gasteiger partial charge in [-0.15, -0.1) is 0 Å². The van der Waals surface area contributed by atoms with Gasteiger partial charge in [-0.3, -0.25) is 14.9 Å². The molecule has 1 saturated carbocycles. The Labute approximate surface area is 157 Å². The van der Waals surface area contributed by atoms with Crippen LogP contribution in [0.15, 0.2) is 24.3 Å². The van der Waals surface area contributed by atoms with Crippen molar-refractivity contribution in [2.75, 3.05) is 5.32 Å². The van der Waals surface area contributed by atoms with Crippen molar-refractivity contribution in [2.45, 2.75) is 32.5 Å². The van der Waals surface area contributed by atoms with Crippen molar-refractivity contribution in [3.63, 3.8) is 0 Å². The van der Waals surface area contributed by atoms with Crippen molar-refractivity contribution in [3.8, 4) is 0 Å².